The number of aliphatic hydroxyl groups is 1. The Morgan fingerprint density at radius 2 is 2.06 bits per heavy atom. The number of rotatable bonds is 3. The van der Waals surface area contributed by atoms with Gasteiger partial charge in [-0.15, -0.1) is 0 Å². The van der Waals surface area contributed by atoms with Gasteiger partial charge < -0.3 is 16.2 Å². The molecule has 0 aromatic heterocycles. The van der Waals surface area contributed by atoms with Gasteiger partial charge in [-0.05, 0) is 25.0 Å². The fourth-order valence-corrected chi connectivity index (χ4v) is 3.92. The van der Waals surface area contributed by atoms with Crippen LogP contribution in [0.3, 0.4) is 0 Å². The first-order valence-corrected chi connectivity index (χ1v) is 8.20. The van der Waals surface area contributed by atoms with Gasteiger partial charge in [-0.3, -0.25) is 4.99 Å². The van der Waals surface area contributed by atoms with Crippen molar-refractivity contribution in [2.75, 3.05) is 18.1 Å². The zero-order valence-electron chi connectivity index (χ0n) is 11.0. The van der Waals surface area contributed by atoms with Gasteiger partial charge in [0.2, 0.25) is 0 Å². The largest absolute Gasteiger partial charge is 0.387 e. The molecule has 5 heteroatoms. The summed E-state index contributed by atoms with van der Waals surface area (Å²) in [5.74, 6) is 2.32. The second-order valence-electron chi connectivity index (χ2n) is 5.56. The van der Waals surface area contributed by atoms with Gasteiger partial charge in [0.25, 0.3) is 0 Å². The van der Waals surface area contributed by atoms with Crippen LogP contribution >= 0.6 is 11.8 Å². The molecule has 0 aromatic rings. The third-order valence-corrected chi connectivity index (χ3v) is 5.07. The maximum atomic E-state index is 10.2. The Morgan fingerprint density at radius 3 is 2.67 bits per heavy atom. The van der Waals surface area contributed by atoms with E-state index < -0.39 is 5.60 Å². The van der Waals surface area contributed by atoms with E-state index in [1.54, 1.807) is 11.8 Å². The van der Waals surface area contributed by atoms with E-state index >= 15 is 0 Å². The van der Waals surface area contributed by atoms with Crippen LogP contribution in [0.4, 0.5) is 0 Å². The fourth-order valence-electron chi connectivity index (χ4n) is 2.63. The molecule has 1 atom stereocenters. The lowest BCUT2D eigenvalue weighted by Gasteiger charge is -2.20. The summed E-state index contributed by atoms with van der Waals surface area (Å²) < 4.78 is 0. The minimum absolute atomic E-state index is 0.436. The Labute approximate surface area is 114 Å². The minimum Gasteiger partial charge on any atom is -0.387 e. The average molecular weight is 271 g/mol. The maximum absolute atomic E-state index is 10.2. The summed E-state index contributed by atoms with van der Waals surface area (Å²) in [7, 11) is 0. The molecule has 1 unspecified atom stereocenters. The summed E-state index contributed by atoms with van der Waals surface area (Å²) in [4.78, 5) is 4.32. The Balaban J connectivity index is 1.77. The first-order chi connectivity index (χ1) is 8.68. The van der Waals surface area contributed by atoms with Gasteiger partial charge in [0.05, 0.1) is 12.1 Å². The zero-order chi connectivity index (χ0) is 12.8. The average Bonchev–Trinajstić information content (AvgIpc) is 2.62. The minimum atomic E-state index is -0.625. The highest BCUT2D eigenvalue weighted by Crippen LogP contribution is 2.27. The van der Waals surface area contributed by atoms with E-state index in [0.717, 1.165) is 17.9 Å². The first-order valence-electron chi connectivity index (χ1n) is 7.05. The highest BCUT2D eigenvalue weighted by Gasteiger charge is 2.31. The van der Waals surface area contributed by atoms with Gasteiger partial charge in [-0.2, -0.15) is 11.8 Å². The normalized spacial score (nSPS) is 31.3. The highest BCUT2D eigenvalue weighted by atomic mass is 32.2. The standard InChI is InChI=1S/C13H25N3OS/c14-12(15-9-13(17)7-8-18-10-13)16-11-5-3-1-2-4-6-11/h11,17H,1-10H2,(H3,14,15,16). The van der Waals surface area contributed by atoms with E-state index in [9.17, 15) is 5.11 Å². The Hall–Kier alpha value is -0.420. The molecule has 0 spiro atoms. The number of thioether (sulfide) groups is 1. The molecule has 0 radical (unpaired) electrons. The molecule has 0 bridgehead atoms. The molecule has 2 aliphatic rings. The van der Waals surface area contributed by atoms with Crippen LogP contribution in [0, 0.1) is 0 Å². The van der Waals surface area contributed by atoms with Gasteiger partial charge in [0.15, 0.2) is 5.96 Å². The second kappa shape index (κ2) is 6.66. The van der Waals surface area contributed by atoms with Gasteiger partial charge in [-0.25, -0.2) is 0 Å². The van der Waals surface area contributed by atoms with Crippen LogP contribution in [-0.2, 0) is 0 Å². The lowest BCUT2D eigenvalue weighted by Crippen LogP contribution is -2.41. The summed E-state index contributed by atoms with van der Waals surface area (Å²) in [6, 6.07) is 0.476. The van der Waals surface area contributed by atoms with Crippen LogP contribution in [0.15, 0.2) is 4.99 Å². The Morgan fingerprint density at radius 1 is 1.33 bits per heavy atom. The Bertz CT molecular complexity index is 282. The van der Waals surface area contributed by atoms with Gasteiger partial charge in [0.1, 0.15) is 0 Å². The molecule has 0 amide bonds. The molecule has 1 saturated heterocycles. The van der Waals surface area contributed by atoms with E-state index in [0.29, 0.717) is 18.5 Å². The van der Waals surface area contributed by atoms with Crippen molar-refractivity contribution in [1.82, 2.24) is 5.32 Å². The van der Waals surface area contributed by atoms with Crippen molar-refractivity contribution < 1.29 is 5.11 Å². The molecule has 0 aromatic carbocycles. The van der Waals surface area contributed by atoms with Crippen LogP contribution in [0.25, 0.3) is 0 Å². The number of hydrogen-bond donors (Lipinski definition) is 3. The number of guanidine groups is 1. The van der Waals surface area contributed by atoms with Crippen molar-refractivity contribution in [3.63, 3.8) is 0 Å². The number of nitrogens with two attached hydrogens (primary N) is 1. The predicted octanol–water partition coefficient (Wildman–Crippen LogP) is 1.48. The van der Waals surface area contributed by atoms with E-state index in [2.05, 4.69) is 10.3 Å². The number of hydrogen-bond acceptors (Lipinski definition) is 3. The number of nitrogens with one attached hydrogen (secondary N) is 1. The maximum Gasteiger partial charge on any atom is 0.188 e. The van der Waals surface area contributed by atoms with Crippen LogP contribution in [0.2, 0.25) is 0 Å². The quantitative estimate of drug-likeness (QED) is 0.413. The summed E-state index contributed by atoms with van der Waals surface area (Å²) in [6.45, 7) is 0.436. The SMILES string of the molecule is NC(=NCC1(O)CCSC1)NC1CCCCCC1. The lowest BCUT2D eigenvalue weighted by molar-refractivity contribution is 0.0779. The van der Waals surface area contributed by atoms with Crippen LogP contribution in [-0.4, -0.2) is 40.8 Å². The molecule has 1 saturated carbocycles. The van der Waals surface area contributed by atoms with Gasteiger partial charge in [-0.1, -0.05) is 25.7 Å². The summed E-state index contributed by atoms with van der Waals surface area (Å²) in [5.41, 5.74) is 5.29. The van der Waals surface area contributed by atoms with Crippen LogP contribution in [0.1, 0.15) is 44.9 Å². The second-order valence-corrected chi connectivity index (χ2v) is 6.67. The third-order valence-electron chi connectivity index (χ3n) is 3.83. The van der Waals surface area contributed by atoms with E-state index in [1.807, 2.05) is 0 Å². The summed E-state index contributed by atoms with van der Waals surface area (Å²) >= 11 is 1.79. The molecule has 4 N–H and O–H groups in total. The van der Waals surface area contributed by atoms with Gasteiger partial charge >= 0.3 is 0 Å². The van der Waals surface area contributed by atoms with Crippen molar-refractivity contribution >= 4 is 17.7 Å². The molecule has 18 heavy (non-hydrogen) atoms. The third kappa shape index (κ3) is 4.35. The van der Waals surface area contributed by atoms with Crippen molar-refractivity contribution in [3.05, 3.63) is 0 Å². The molecular weight excluding hydrogens is 246 g/mol. The van der Waals surface area contributed by atoms with Crippen LogP contribution in [0.5, 0.6) is 0 Å². The van der Waals surface area contributed by atoms with E-state index in [1.165, 1.54) is 38.5 Å². The van der Waals surface area contributed by atoms with Gasteiger partial charge in [0, 0.05) is 11.8 Å². The molecule has 1 heterocycles. The zero-order valence-corrected chi connectivity index (χ0v) is 11.8. The summed E-state index contributed by atoms with van der Waals surface area (Å²) in [5, 5.41) is 13.5. The molecular formula is C13H25N3OS. The first kappa shape index (κ1) is 14.0. The fraction of sp³-hybridized carbons (Fsp3) is 0.923. The van der Waals surface area contributed by atoms with Crippen LogP contribution < -0.4 is 11.1 Å². The molecule has 2 rings (SSSR count). The number of nitrogens with zero attached hydrogens (tertiary/aromatic N) is 1. The van der Waals surface area contributed by atoms with Crippen molar-refractivity contribution in [2.24, 2.45) is 10.7 Å². The smallest absolute Gasteiger partial charge is 0.188 e. The molecule has 2 fully saturated rings. The topological polar surface area (TPSA) is 70.6 Å². The van der Waals surface area contributed by atoms with E-state index in [-0.39, 0.29) is 0 Å². The lowest BCUT2D eigenvalue weighted by atomic mass is 10.0. The predicted molar refractivity (Wildman–Crippen MR) is 78.0 cm³/mol. The molecule has 1 aliphatic heterocycles. The van der Waals surface area contributed by atoms with Crippen molar-refractivity contribution in [1.29, 1.82) is 0 Å². The Kier molecular flexibility index (Phi) is 5.18. The summed E-state index contributed by atoms with van der Waals surface area (Å²) in [6.07, 6.45) is 8.46. The molecule has 1 aliphatic carbocycles. The highest BCUT2D eigenvalue weighted by molar-refractivity contribution is 7.99. The molecule has 104 valence electrons. The number of aliphatic imine (C=N–C) groups is 1. The van der Waals surface area contributed by atoms with Crippen molar-refractivity contribution in [2.45, 2.75) is 56.6 Å². The van der Waals surface area contributed by atoms with E-state index in [4.69, 9.17) is 5.73 Å². The molecule has 4 nitrogen and oxygen atoms in total. The monoisotopic (exact) mass is 271 g/mol. The van der Waals surface area contributed by atoms with Crippen molar-refractivity contribution in [3.8, 4) is 0 Å².